The summed E-state index contributed by atoms with van der Waals surface area (Å²) < 4.78 is 40.4. The van der Waals surface area contributed by atoms with Crippen LogP contribution >= 0.6 is 0 Å². The molecular weight excluding hydrogens is 327 g/mol. The Hall–Kier alpha value is -2.98. The zero-order valence-corrected chi connectivity index (χ0v) is 12.7. The maximum absolute atomic E-state index is 12.5. The Morgan fingerprint density at radius 3 is 2.50 bits per heavy atom. The Morgan fingerprint density at radius 1 is 1.12 bits per heavy atom. The Kier molecular flexibility index (Phi) is 3.70. The first kappa shape index (κ1) is 15.9. The lowest BCUT2D eigenvalue weighted by atomic mass is 10.3. The Balaban J connectivity index is 1.86. The van der Waals surface area contributed by atoms with E-state index in [-0.39, 0.29) is 23.6 Å². The molecule has 0 aliphatic carbocycles. The number of rotatable bonds is 3. The molecule has 0 atom stereocenters. The molecule has 0 fully saturated rings. The van der Waals surface area contributed by atoms with Crippen molar-refractivity contribution in [1.29, 1.82) is 0 Å². The lowest BCUT2D eigenvalue weighted by molar-refractivity contribution is -0.141. The van der Waals surface area contributed by atoms with Crippen molar-refractivity contribution in [3.63, 3.8) is 0 Å². The lowest BCUT2D eigenvalue weighted by Crippen LogP contribution is -2.22. The van der Waals surface area contributed by atoms with Gasteiger partial charge in [0.05, 0.1) is 6.54 Å². The van der Waals surface area contributed by atoms with Crippen LogP contribution in [-0.4, -0.2) is 36.4 Å². The van der Waals surface area contributed by atoms with Gasteiger partial charge in [-0.1, -0.05) is 0 Å². The average molecular weight is 339 g/mol. The molecule has 0 N–H and O–H groups in total. The molecule has 0 saturated carbocycles. The van der Waals surface area contributed by atoms with Crippen molar-refractivity contribution >= 4 is 11.5 Å². The lowest BCUT2D eigenvalue weighted by Gasteiger charge is -2.16. The first-order chi connectivity index (χ1) is 11.3. The molecule has 0 aliphatic heterocycles. The van der Waals surface area contributed by atoms with E-state index in [1.165, 1.54) is 15.0 Å². The van der Waals surface area contributed by atoms with E-state index in [1.807, 2.05) is 0 Å². The fourth-order valence-corrected chi connectivity index (χ4v) is 2.10. The number of aromatic nitrogens is 6. The Labute approximate surface area is 133 Å². The summed E-state index contributed by atoms with van der Waals surface area (Å²) in [4.78, 5) is 13.5. The molecule has 0 bridgehead atoms. The van der Waals surface area contributed by atoms with Crippen LogP contribution in [0.5, 0.6) is 0 Å². The summed E-state index contributed by atoms with van der Waals surface area (Å²) in [6, 6.07) is 2.08. The van der Waals surface area contributed by atoms with Crippen LogP contribution in [0.2, 0.25) is 0 Å². The highest BCUT2D eigenvalue weighted by atomic mass is 19.4. The van der Waals surface area contributed by atoms with E-state index in [0.717, 1.165) is 6.07 Å². The summed E-state index contributed by atoms with van der Waals surface area (Å²) in [5.74, 6) is 0.690. The van der Waals surface area contributed by atoms with Gasteiger partial charge in [0.15, 0.2) is 17.3 Å². The van der Waals surface area contributed by atoms with Crippen molar-refractivity contribution in [2.24, 2.45) is 7.05 Å². The highest BCUT2D eigenvalue weighted by Crippen LogP contribution is 2.27. The van der Waals surface area contributed by atoms with Crippen LogP contribution in [0.25, 0.3) is 5.65 Å². The second-order valence-electron chi connectivity index (χ2n) is 5.15. The van der Waals surface area contributed by atoms with Gasteiger partial charge in [-0.2, -0.15) is 13.2 Å². The Morgan fingerprint density at radius 2 is 1.88 bits per heavy atom. The van der Waals surface area contributed by atoms with Crippen LogP contribution in [0.3, 0.4) is 0 Å². The third-order valence-electron chi connectivity index (χ3n) is 3.43. The smallest absolute Gasteiger partial charge is 0.351 e. The summed E-state index contributed by atoms with van der Waals surface area (Å²) in [6.07, 6.45) is -1.33. The molecule has 8 nitrogen and oxygen atoms in total. The van der Waals surface area contributed by atoms with Gasteiger partial charge in [-0.3, -0.25) is 9.20 Å². The third kappa shape index (κ3) is 2.79. The number of hydrogen-bond acceptors (Lipinski definition) is 6. The molecule has 3 aromatic rings. The van der Waals surface area contributed by atoms with Gasteiger partial charge in [-0.15, -0.1) is 20.4 Å². The van der Waals surface area contributed by atoms with E-state index in [4.69, 9.17) is 0 Å². The van der Waals surface area contributed by atoms with Crippen molar-refractivity contribution in [3.8, 4) is 0 Å². The average Bonchev–Trinajstić information content (AvgIpc) is 2.94. The van der Waals surface area contributed by atoms with Crippen molar-refractivity contribution in [2.75, 3.05) is 11.9 Å². The molecule has 0 spiro atoms. The summed E-state index contributed by atoms with van der Waals surface area (Å²) in [5, 5.41) is 14.5. The fraction of sp³-hybridized carbons (Fsp3) is 0.308. The Bertz CT molecular complexity index is 929. The molecule has 24 heavy (non-hydrogen) atoms. The predicted molar refractivity (Wildman–Crippen MR) is 77.4 cm³/mol. The minimum absolute atomic E-state index is 0.168. The summed E-state index contributed by atoms with van der Waals surface area (Å²) in [6.45, 7) is 0.189. The van der Waals surface area contributed by atoms with E-state index in [2.05, 4.69) is 20.4 Å². The number of halogens is 3. The molecule has 3 rings (SSSR count). The number of alkyl halides is 3. The third-order valence-corrected chi connectivity index (χ3v) is 3.43. The molecule has 126 valence electrons. The zero-order valence-electron chi connectivity index (χ0n) is 12.7. The second kappa shape index (κ2) is 5.58. The highest BCUT2D eigenvalue weighted by molar-refractivity contribution is 5.39. The SMILES string of the molecule is CN(Cc1nnc2c(=O)n(C)ccn12)c1ccc(C(F)(F)F)nn1. The number of aryl methyl sites for hydroxylation is 1. The van der Waals surface area contributed by atoms with E-state index >= 15 is 0 Å². The summed E-state index contributed by atoms with van der Waals surface area (Å²) in [5.41, 5.74) is -1.19. The second-order valence-corrected chi connectivity index (χ2v) is 5.15. The van der Waals surface area contributed by atoms with E-state index in [9.17, 15) is 18.0 Å². The minimum atomic E-state index is -4.53. The van der Waals surface area contributed by atoms with Crippen molar-refractivity contribution in [2.45, 2.75) is 12.7 Å². The highest BCUT2D eigenvalue weighted by Gasteiger charge is 2.33. The quantitative estimate of drug-likeness (QED) is 0.704. The molecule has 0 unspecified atom stereocenters. The molecule has 3 aromatic heterocycles. The first-order valence-electron chi connectivity index (χ1n) is 6.78. The van der Waals surface area contributed by atoms with Crippen molar-refractivity contribution in [3.05, 3.63) is 46.4 Å². The van der Waals surface area contributed by atoms with Gasteiger partial charge < -0.3 is 9.47 Å². The molecular formula is C13H12F3N7O. The van der Waals surface area contributed by atoms with Gasteiger partial charge in [-0.25, -0.2) is 0 Å². The van der Waals surface area contributed by atoms with Gasteiger partial charge in [0.1, 0.15) is 0 Å². The first-order valence-corrected chi connectivity index (χ1v) is 6.78. The predicted octanol–water partition coefficient (Wildman–Crippen LogP) is 0.873. The van der Waals surface area contributed by atoms with Gasteiger partial charge in [0, 0.05) is 26.5 Å². The molecule has 0 amide bonds. The standard InChI is InChI=1S/C13H12F3N7O/c1-21-5-6-23-10(19-20-11(23)12(21)24)7-22(2)9-4-3-8(17-18-9)13(14,15)16/h3-6H,7H2,1-2H3. The normalized spacial score (nSPS) is 11.9. The summed E-state index contributed by atoms with van der Waals surface area (Å²) >= 11 is 0. The summed E-state index contributed by atoms with van der Waals surface area (Å²) in [7, 11) is 3.22. The molecule has 3 heterocycles. The van der Waals surface area contributed by atoms with Crippen LogP contribution in [0, 0.1) is 0 Å². The monoisotopic (exact) mass is 339 g/mol. The molecule has 0 aromatic carbocycles. The maximum Gasteiger partial charge on any atom is 0.435 e. The van der Waals surface area contributed by atoms with E-state index in [1.54, 1.807) is 31.4 Å². The van der Waals surface area contributed by atoms with Crippen LogP contribution in [0.15, 0.2) is 29.3 Å². The van der Waals surface area contributed by atoms with Gasteiger partial charge in [0.2, 0.25) is 5.65 Å². The van der Waals surface area contributed by atoms with Gasteiger partial charge >= 0.3 is 6.18 Å². The van der Waals surface area contributed by atoms with Crippen molar-refractivity contribution < 1.29 is 13.2 Å². The molecule has 0 saturated heterocycles. The molecule has 0 aliphatic rings. The molecule has 0 radical (unpaired) electrons. The minimum Gasteiger partial charge on any atom is -0.351 e. The van der Waals surface area contributed by atoms with E-state index < -0.39 is 11.9 Å². The van der Waals surface area contributed by atoms with Gasteiger partial charge in [0.25, 0.3) is 5.56 Å². The van der Waals surface area contributed by atoms with Crippen LogP contribution < -0.4 is 10.5 Å². The zero-order chi connectivity index (χ0) is 17.5. The number of fused-ring (bicyclic) bond motifs is 1. The van der Waals surface area contributed by atoms with Crippen LogP contribution in [0.1, 0.15) is 11.5 Å². The number of hydrogen-bond donors (Lipinski definition) is 0. The van der Waals surface area contributed by atoms with Gasteiger partial charge in [-0.05, 0) is 12.1 Å². The molecule has 11 heteroatoms. The number of nitrogens with zero attached hydrogens (tertiary/aromatic N) is 7. The van der Waals surface area contributed by atoms with Crippen LogP contribution in [-0.2, 0) is 19.8 Å². The van der Waals surface area contributed by atoms with E-state index in [0.29, 0.717) is 5.82 Å². The topological polar surface area (TPSA) is 81.2 Å². The fourth-order valence-electron chi connectivity index (χ4n) is 2.10. The number of anilines is 1. The van der Waals surface area contributed by atoms with Crippen LogP contribution in [0.4, 0.5) is 19.0 Å². The largest absolute Gasteiger partial charge is 0.435 e. The maximum atomic E-state index is 12.5. The van der Waals surface area contributed by atoms with Crippen molar-refractivity contribution in [1.82, 2.24) is 29.4 Å².